The number of aryl methyl sites for hydroxylation is 1. The van der Waals surface area contributed by atoms with Gasteiger partial charge in [0.15, 0.2) is 4.60 Å². The number of hydrogen-bond donors (Lipinski definition) is 0. The molecule has 0 aliphatic heterocycles. The highest BCUT2D eigenvalue weighted by molar-refractivity contribution is 9.10. The van der Waals surface area contributed by atoms with Crippen LogP contribution in [-0.4, -0.2) is 20.5 Å². The second kappa shape index (κ2) is 9.00. The van der Waals surface area contributed by atoms with Gasteiger partial charge in [-0.3, -0.25) is 9.36 Å². The summed E-state index contributed by atoms with van der Waals surface area (Å²) in [5.74, 6) is 0.672. The summed E-state index contributed by atoms with van der Waals surface area (Å²) in [7, 11) is 0. The molecule has 0 unspecified atom stereocenters. The standard InChI is InChI=1S/C16H23BrF3N3O2/c17-13-14(24)22(10-5-9-16(18,19)20)15(25)23(21-13)11-4-8-12-6-2-1-3-7-12/h12H,1-11H2. The molecular formula is C16H23BrF3N3O2. The van der Waals surface area contributed by atoms with Gasteiger partial charge in [0, 0.05) is 19.5 Å². The SMILES string of the molecule is O=c1c(Br)nn(CCCC2CCCCC2)c(=O)n1CCCC(F)(F)F. The Morgan fingerprint density at radius 1 is 1.08 bits per heavy atom. The van der Waals surface area contributed by atoms with Crippen LogP contribution in [0.15, 0.2) is 14.2 Å². The van der Waals surface area contributed by atoms with Crippen LogP contribution in [-0.2, 0) is 13.1 Å². The van der Waals surface area contributed by atoms with Crippen LogP contribution >= 0.6 is 15.9 Å². The van der Waals surface area contributed by atoms with Gasteiger partial charge in [0.05, 0.1) is 0 Å². The van der Waals surface area contributed by atoms with Gasteiger partial charge < -0.3 is 0 Å². The average Bonchev–Trinajstić information content (AvgIpc) is 2.55. The summed E-state index contributed by atoms with van der Waals surface area (Å²) in [5.41, 5.74) is -1.32. The highest BCUT2D eigenvalue weighted by Gasteiger charge is 2.26. The van der Waals surface area contributed by atoms with Crippen LogP contribution in [0.4, 0.5) is 13.2 Å². The smallest absolute Gasteiger partial charge is 0.266 e. The molecule has 5 nitrogen and oxygen atoms in total. The van der Waals surface area contributed by atoms with Crippen LogP contribution in [0.2, 0.25) is 0 Å². The molecule has 1 saturated carbocycles. The molecule has 9 heteroatoms. The highest BCUT2D eigenvalue weighted by Crippen LogP contribution is 2.27. The summed E-state index contributed by atoms with van der Waals surface area (Å²) in [5, 5.41) is 3.94. The number of hydrogen-bond acceptors (Lipinski definition) is 3. The lowest BCUT2D eigenvalue weighted by Crippen LogP contribution is -2.42. The van der Waals surface area contributed by atoms with Crippen LogP contribution in [0, 0.1) is 5.92 Å². The number of alkyl halides is 3. The van der Waals surface area contributed by atoms with Gasteiger partial charge in [-0.25, -0.2) is 9.48 Å². The lowest BCUT2D eigenvalue weighted by molar-refractivity contribution is -0.136. The number of nitrogens with zero attached hydrogens (tertiary/aromatic N) is 3. The molecule has 1 aliphatic carbocycles. The van der Waals surface area contributed by atoms with Crippen molar-refractivity contribution in [3.05, 3.63) is 25.4 Å². The summed E-state index contributed by atoms with van der Waals surface area (Å²) in [6.45, 7) is 0.106. The highest BCUT2D eigenvalue weighted by atomic mass is 79.9. The van der Waals surface area contributed by atoms with Gasteiger partial charge in [0.1, 0.15) is 0 Å². The Bertz CT molecular complexity index is 679. The van der Waals surface area contributed by atoms with Gasteiger partial charge in [-0.2, -0.15) is 18.3 Å². The van der Waals surface area contributed by atoms with Gasteiger partial charge >= 0.3 is 11.9 Å². The fourth-order valence-corrected chi connectivity index (χ4v) is 3.72. The van der Waals surface area contributed by atoms with E-state index in [1.807, 2.05) is 0 Å². The van der Waals surface area contributed by atoms with E-state index in [1.165, 1.54) is 36.8 Å². The Kier molecular flexibility index (Phi) is 7.27. The molecule has 1 aromatic heterocycles. The average molecular weight is 426 g/mol. The van der Waals surface area contributed by atoms with Crippen molar-refractivity contribution < 1.29 is 13.2 Å². The maximum atomic E-state index is 12.3. The van der Waals surface area contributed by atoms with Crippen molar-refractivity contribution in [2.45, 2.75) is 77.1 Å². The first-order valence-corrected chi connectivity index (χ1v) is 9.51. The molecule has 0 spiro atoms. The molecule has 0 atom stereocenters. The molecule has 1 aliphatic rings. The fraction of sp³-hybridized carbons (Fsp3) is 0.812. The Labute approximate surface area is 152 Å². The molecule has 0 amide bonds. The molecular weight excluding hydrogens is 403 g/mol. The van der Waals surface area contributed by atoms with Gasteiger partial charge in [-0.15, -0.1) is 0 Å². The minimum atomic E-state index is -4.30. The summed E-state index contributed by atoms with van der Waals surface area (Å²) >= 11 is 3.00. The Morgan fingerprint density at radius 3 is 2.40 bits per heavy atom. The van der Waals surface area contributed by atoms with Crippen molar-refractivity contribution in [1.82, 2.24) is 14.3 Å². The predicted octanol–water partition coefficient (Wildman–Crippen LogP) is 3.87. The van der Waals surface area contributed by atoms with E-state index in [0.29, 0.717) is 12.5 Å². The zero-order valence-corrected chi connectivity index (χ0v) is 15.6. The Balaban J connectivity index is 2.00. The molecule has 0 radical (unpaired) electrons. The van der Waals surface area contributed by atoms with E-state index < -0.39 is 23.8 Å². The first kappa shape index (κ1) is 20.2. The maximum Gasteiger partial charge on any atom is 0.389 e. The number of aromatic nitrogens is 3. The van der Waals surface area contributed by atoms with Crippen LogP contribution in [0.5, 0.6) is 0 Å². The van der Waals surface area contributed by atoms with Gasteiger partial charge in [0.2, 0.25) is 0 Å². The van der Waals surface area contributed by atoms with Crippen LogP contribution < -0.4 is 11.2 Å². The van der Waals surface area contributed by atoms with Gasteiger partial charge in [0.25, 0.3) is 5.56 Å². The molecule has 1 aromatic rings. The first-order valence-electron chi connectivity index (χ1n) is 8.72. The van der Waals surface area contributed by atoms with E-state index in [9.17, 15) is 22.8 Å². The van der Waals surface area contributed by atoms with E-state index in [2.05, 4.69) is 21.0 Å². The fourth-order valence-electron chi connectivity index (χ4n) is 3.32. The third kappa shape index (κ3) is 6.27. The van der Waals surface area contributed by atoms with E-state index >= 15 is 0 Å². The van der Waals surface area contributed by atoms with Crippen molar-refractivity contribution in [3.8, 4) is 0 Å². The number of halogens is 4. The van der Waals surface area contributed by atoms with Crippen molar-refractivity contribution >= 4 is 15.9 Å². The molecule has 0 N–H and O–H groups in total. The van der Waals surface area contributed by atoms with E-state index in [-0.39, 0.29) is 17.6 Å². The van der Waals surface area contributed by atoms with Crippen molar-refractivity contribution in [1.29, 1.82) is 0 Å². The second-order valence-corrected chi connectivity index (χ2v) is 7.37. The van der Waals surface area contributed by atoms with E-state index in [0.717, 1.165) is 17.4 Å². The third-order valence-corrected chi connectivity index (χ3v) is 5.13. The second-order valence-electron chi connectivity index (χ2n) is 6.62. The molecule has 1 fully saturated rings. The first-order chi connectivity index (χ1) is 11.8. The molecule has 1 heterocycles. The van der Waals surface area contributed by atoms with Crippen molar-refractivity contribution in [2.75, 3.05) is 0 Å². The largest absolute Gasteiger partial charge is 0.389 e. The number of rotatable bonds is 7. The van der Waals surface area contributed by atoms with Crippen LogP contribution in [0.25, 0.3) is 0 Å². The Hall–Kier alpha value is -1.12. The van der Waals surface area contributed by atoms with Gasteiger partial charge in [-0.05, 0) is 41.1 Å². The topological polar surface area (TPSA) is 56.9 Å². The summed E-state index contributed by atoms with van der Waals surface area (Å²) < 4.78 is 38.8. The normalized spacial score (nSPS) is 16.3. The lowest BCUT2D eigenvalue weighted by atomic mass is 9.86. The minimum Gasteiger partial charge on any atom is -0.266 e. The zero-order chi connectivity index (χ0) is 18.4. The zero-order valence-electron chi connectivity index (χ0n) is 14.0. The van der Waals surface area contributed by atoms with E-state index in [1.54, 1.807) is 0 Å². The summed E-state index contributed by atoms with van der Waals surface area (Å²) in [4.78, 5) is 24.3. The van der Waals surface area contributed by atoms with E-state index in [4.69, 9.17) is 0 Å². The van der Waals surface area contributed by atoms with Crippen LogP contribution in [0.1, 0.15) is 57.8 Å². The van der Waals surface area contributed by atoms with Gasteiger partial charge in [-0.1, -0.05) is 32.1 Å². The van der Waals surface area contributed by atoms with Crippen molar-refractivity contribution in [3.63, 3.8) is 0 Å². The molecule has 0 bridgehead atoms. The quantitative estimate of drug-likeness (QED) is 0.665. The maximum absolute atomic E-state index is 12.3. The molecule has 0 aromatic carbocycles. The third-order valence-electron chi connectivity index (χ3n) is 4.63. The minimum absolute atomic E-state index is 0.0447. The summed E-state index contributed by atoms with van der Waals surface area (Å²) in [6, 6.07) is 0. The molecule has 0 saturated heterocycles. The molecule has 2 rings (SSSR count). The lowest BCUT2D eigenvalue weighted by Gasteiger charge is -2.21. The monoisotopic (exact) mass is 425 g/mol. The predicted molar refractivity (Wildman–Crippen MR) is 91.6 cm³/mol. The van der Waals surface area contributed by atoms with Crippen LogP contribution in [0.3, 0.4) is 0 Å². The molecule has 142 valence electrons. The summed E-state index contributed by atoms with van der Waals surface area (Å²) in [6.07, 6.45) is 2.34. The van der Waals surface area contributed by atoms with Crippen molar-refractivity contribution in [2.24, 2.45) is 5.92 Å². The molecule has 25 heavy (non-hydrogen) atoms. The Morgan fingerprint density at radius 2 is 1.76 bits per heavy atom.